The quantitative estimate of drug-likeness (QED) is 0.822. The zero-order chi connectivity index (χ0) is 19.0. The number of ether oxygens (including phenoxy) is 3. The normalized spacial score (nSPS) is 20.8. The lowest BCUT2D eigenvalue weighted by Crippen LogP contribution is -2.49. The number of hydrogen-bond acceptors (Lipinski definition) is 4. The first-order valence-corrected chi connectivity index (χ1v) is 9.53. The maximum atomic E-state index is 10.9. The molecule has 2 aromatic carbocycles. The predicted molar refractivity (Wildman–Crippen MR) is 103 cm³/mol. The summed E-state index contributed by atoms with van der Waals surface area (Å²) in [7, 11) is 6.14. The summed E-state index contributed by atoms with van der Waals surface area (Å²) in [5.41, 5.74) is 3.56. The van der Waals surface area contributed by atoms with Gasteiger partial charge in [0.15, 0.2) is 11.5 Å². The number of benzene rings is 2. The zero-order valence-electron chi connectivity index (χ0n) is 16.3. The van der Waals surface area contributed by atoms with Crippen LogP contribution in [0.1, 0.15) is 29.2 Å². The Morgan fingerprint density at radius 1 is 1.22 bits per heavy atom. The molecule has 4 rings (SSSR count). The molecular weight excluding hydrogens is 342 g/mol. The molecule has 2 heterocycles. The Kier molecular flexibility index (Phi) is 4.74. The first kappa shape index (κ1) is 18.1. The highest BCUT2D eigenvalue weighted by molar-refractivity contribution is 5.61. The summed E-state index contributed by atoms with van der Waals surface area (Å²) in [5.74, 6) is 2.23. The van der Waals surface area contributed by atoms with Crippen molar-refractivity contribution in [1.82, 2.24) is 0 Å². The molecule has 5 heteroatoms. The van der Waals surface area contributed by atoms with Crippen molar-refractivity contribution in [2.45, 2.75) is 31.4 Å². The molecule has 5 nitrogen and oxygen atoms in total. The van der Waals surface area contributed by atoms with Crippen molar-refractivity contribution in [2.24, 2.45) is 0 Å². The number of methoxy groups -OCH3 is 1. The molecule has 144 valence electrons. The Hall–Kier alpha value is -2.24. The second kappa shape index (κ2) is 7.06. The summed E-state index contributed by atoms with van der Waals surface area (Å²) >= 11 is 0. The fraction of sp³-hybridized carbons (Fsp3) is 0.455. The van der Waals surface area contributed by atoms with Gasteiger partial charge in [0.2, 0.25) is 12.5 Å². The molecule has 1 N–H and O–H groups in total. The van der Waals surface area contributed by atoms with E-state index < -0.39 is 6.10 Å². The molecule has 2 aliphatic heterocycles. The van der Waals surface area contributed by atoms with Crippen LogP contribution in [0.25, 0.3) is 0 Å². The van der Waals surface area contributed by atoms with Crippen LogP contribution >= 0.6 is 0 Å². The van der Waals surface area contributed by atoms with Crippen molar-refractivity contribution in [2.75, 3.05) is 34.5 Å². The molecule has 0 amide bonds. The van der Waals surface area contributed by atoms with E-state index in [0.717, 1.165) is 40.1 Å². The molecule has 0 radical (unpaired) electrons. The molecule has 0 fully saturated rings. The summed E-state index contributed by atoms with van der Waals surface area (Å²) in [5, 5.41) is 10.9. The maximum absolute atomic E-state index is 10.9. The molecule has 0 aliphatic carbocycles. The summed E-state index contributed by atoms with van der Waals surface area (Å²) < 4.78 is 17.9. The SMILES string of the molecule is COc1c2c(cc3c1C(CC(O)Cc1ccccc1)[N+](C)(C)CC3)OCO2. The van der Waals surface area contributed by atoms with Crippen LogP contribution in [0.4, 0.5) is 0 Å². The van der Waals surface area contributed by atoms with Gasteiger partial charge in [0.25, 0.3) is 0 Å². The van der Waals surface area contributed by atoms with E-state index in [1.54, 1.807) is 7.11 Å². The van der Waals surface area contributed by atoms with Crippen molar-refractivity contribution in [3.63, 3.8) is 0 Å². The monoisotopic (exact) mass is 370 g/mol. The van der Waals surface area contributed by atoms with Gasteiger partial charge >= 0.3 is 0 Å². The first-order chi connectivity index (χ1) is 13.0. The van der Waals surface area contributed by atoms with Crippen LogP contribution in [-0.4, -0.2) is 50.2 Å². The van der Waals surface area contributed by atoms with Gasteiger partial charge in [-0.1, -0.05) is 30.3 Å². The fourth-order valence-corrected chi connectivity index (χ4v) is 4.40. The van der Waals surface area contributed by atoms with Crippen molar-refractivity contribution in [3.8, 4) is 17.2 Å². The number of aliphatic hydroxyl groups excluding tert-OH is 1. The number of fused-ring (bicyclic) bond motifs is 2. The summed E-state index contributed by atoms with van der Waals surface area (Å²) in [6.45, 7) is 1.24. The first-order valence-electron chi connectivity index (χ1n) is 9.53. The van der Waals surface area contributed by atoms with E-state index in [9.17, 15) is 5.11 Å². The summed E-state index contributed by atoms with van der Waals surface area (Å²) in [4.78, 5) is 0. The predicted octanol–water partition coefficient (Wildman–Crippen LogP) is 3.09. The molecule has 0 saturated carbocycles. The minimum atomic E-state index is -0.420. The standard InChI is InChI=1S/C22H28NO4/c1-23(2)10-9-16-12-19-21(27-14-26-19)22(25-3)20(16)18(23)13-17(24)11-15-7-5-4-6-8-15/h4-8,12,17-18,24H,9-11,13-14H2,1-3H3/q+1. The maximum Gasteiger partial charge on any atom is 0.231 e. The number of likely N-dealkylation sites (N-methyl/N-ethyl adjacent to an activating group) is 1. The molecule has 2 aromatic rings. The van der Waals surface area contributed by atoms with Gasteiger partial charge < -0.3 is 23.8 Å². The fourth-order valence-electron chi connectivity index (χ4n) is 4.40. The molecular formula is C22H28NO4+. The van der Waals surface area contributed by atoms with E-state index in [1.807, 2.05) is 18.2 Å². The second-order valence-corrected chi connectivity index (χ2v) is 8.06. The molecule has 0 spiro atoms. The van der Waals surface area contributed by atoms with Gasteiger partial charge in [-0.3, -0.25) is 0 Å². The molecule has 27 heavy (non-hydrogen) atoms. The van der Waals surface area contributed by atoms with Crippen LogP contribution in [0.3, 0.4) is 0 Å². The number of aliphatic hydroxyl groups is 1. The number of rotatable bonds is 5. The third-order valence-corrected chi connectivity index (χ3v) is 5.89. The van der Waals surface area contributed by atoms with Crippen LogP contribution in [0.2, 0.25) is 0 Å². The van der Waals surface area contributed by atoms with Gasteiger partial charge in [0.05, 0.1) is 39.4 Å². The Bertz CT molecular complexity index is 819. The van der Waals surface area contributed by atoms with Gasteiger partial charge in [-0.05, 0) is 23.6 Å². The molecule has 0 bridgehead atoms. The highest BCUT2D eigenvalue weighted by Gasteiger charge is 2.42. The lowest BCUT2D eigenvalue weighted by atomic mass is 9.85. The van der Waals surface area contributed by atoms with E-state index in [2.05, 4.69) is 32.3 Å². The highest BCUT2D eigenvalue weighted by atomic mass is 16.7. The van der Waals surface area contributed by atoms with Crippen LogP contribution in [0, 0.1) is 0 Å². The molecule has 2 unspecified atom stereocenters. The molecule has 2 aliphatic rings. The van der Waals surface area contributed by atoms with Gasteiger partial charge in [-0.2, -0.15) is 0 Å². The number of quaternary nitrogens is 1. The lowest BCUT2D eigenvalue weighted by Gasteiger charge is -2.44. The summed E-state index contributed by atoms with van der Waals surface area (Å²) in [6.07, 6.45) is 1.86. The van der Waals surface area contributed by atoms with E-state index >= 15 is 0 Å². The minimum absolute atomic E-state index is 0.136. The Labute approximate surface area is 160 Å². The van der Waals surface area contributed by atoms with Gasteiger partial charge in [0.1, 0.15) is 6.04 Å². The Balaban J connectivity index is 1.68. The van der Waals surface area contributed by atoms with Gasteiger partial charge in [0, 0.05) is 12.8 Å². The average molecular weight is 370 g/mol. The smallest absolute Gasteiger partial charge is 0.231 e. The average Bonchev–Trinajstić information content (AvgIpc) is 3.11. The van der Waals surface area contributed by atoms with Gasteiger partial charge in [-0.15, -0.1) is 0 Å². The summed E-state index contributed by atoms with van der Waals surface area (Å²) in [6, 6.07) is 12.4. The van der Waals surface area contributed by atoms with Crippen molar-refractivity contribution in [3.05, 3.63) is 53.1 Å². The number of hydrogen-bond donors (Lipinski definition) is 1. The van der Waals surface area contributed by atoms with Gasteiger partial charge in [-0.25, -0.2) is 0 Å². The zero-order valence-corrected chi connectivity index (χ0v) is 16.3. The largest absolute Gasteiger partial charge is 0.492 e. The second-order valence-electron chi connectivity index (χ2n) is 8.06. The topological polar surface area (TPSA) is 47.9 Å². The van der Waals surface area contributed by atoms with Crippen LogP contribution in [-0.2, 0) is 12.8 Å². The van der Waals surface area contributed by atoms with Crippen LogP contribution in [0.5, 0.6) is 17.2 Å². The molecule has 2 atom stereocenters. The van der Waals surface area contributed by atoms with Crippen LogP contribution in [0.15, 0.2) is 36.4 Å². The minimum Gasteiger partial charge on any atom is -0.492 e. The van der Waals surface area contributed by atoms with Crippen molar-refractivity contribution >= 4 is 0 Å². The van der Waals surface area contributed by atoms with Crippen molar-refractivity contribution < 1.29 is 23.8 Å². The third-order valence-electron chi connectivity index (χ3n) is 5.89. The molecule has 0 aromatic heterocycles. The highest BCUT2D eigenvalue weighted by Crippen LogP contribution is 2.51. The third kappa shape index (κ3) is 3.37. The Morgan fingerprint density at radius 2 is 2.00 bits per heavy atom. The van der Waals surface area contributed by atoms with E-state index in [0.29, 0.717) is 18.6 Å². The van der Waals surface area contributed by atoms with E-state index in [-0.39, 0.29) is 12.8 Å². The van der Waals surface area contributed by atoms with E-state index in [1.165, 1.54) is 5.56 Å². The van der Waals surface area contributed by atoms with Crippen LogP contribution < -0.4 is 14.2 Å². The Morgan fingerprint density at radius 3 is 2.74 bits per heavy atom. The molecule has 0 saturated heterocycles. The number of nitrogens with zero attached hydrogens (tertiary/aromatic N) is 1. The van der Waals surface area contributed by atoms with Crippen molar-refractivity contribution in [1.29, 1.82) is 0 Å². The lowest BCUT2D eigenvalue weighted by molar-refractivity contribution is -0.924. The van der Waals surface area contributed by atoms with E-state index in [4.69, 9.17) is 14.2 Å².